The maximum Gasteiger partial charge on any atom is 0.275 e. The Morgan fingerprint density at radius 3 is 1.29 bits per heavy atom. The van der Waals surface area contributed by atoms with Gasteiger partial charge in [-0.25, -0.2) is 0 Å². The summed E-state index contributed by atoms with van der Waals surface area (Å²) in [6.45, 7) is 0. The molecular weight excluding hydrogens is 192 g/mol. The predicted octanol–water partition coefficient (Wildman–Crippen LogP) is -1.69. The average Bonchev–Trinajstić information content (AvgIpc) is 2.20. The van der Waals surface area contributed by atoms with Gasteiger partial charge in [0.25, 0.3) is 11.6 Å². The summed E-state index contributed by atoms with van der Waals surface area (Å²) in [6.07, 6.45) is -2.62. The highest BCUT2D eigenvalue weighted by atomic mass is 16.5. The van der Waals surface area contributed by atoms with E-state index in [-0.39, 0.29) is 0 Å². The van der Waals surface area contributed by atoms with Crippen molar-refractivity contribution in [3.63, 3.8) is 0 Å². The minimum Gasteiger partial charge on any atom is -0.370 e. The van der Waals surface area contributed by atoms with Gasteiger partial charge in [0.05, 0.1) is 0 Å². The number of Topliss-reactive ketones (excluding diaryl/α,β-unsaturated/α-hetero) is 4. The molecule has 2 atom stereocenters. The summed E-state index contributed by atoms with van der Waals surface area (Å²) in [5.74, 6) is -4.75. The third-order valence-electron chi connectivity index (χ3n) is 1.95. The molecule has 1 rings (SSSR count). The van der Waals surface area contributed by atoms with Gasteiger partial charge in [0.15, 0.2) is 12.2 Å². The van der Waals surface area contributed by atoms with Gasteiger partial charge in [-0.1, -0.05) is 0 Å². The molecular formula is C8H8O6. The van der Waals surface area contributed by atoms with Gasteiger partial charge in [-0.2, -0.15) is 0 Å². The first-order valence-corrected chi connectivity index (χ1v) is 3.77. The number of rotatable bonds is 2. The van der Waals surface area contributed by atoms with Gasteiger partial charge in [-0.05, 0) is 0 Å². The van der Waals surface area contributed by atoms with Gasteiger partial charge in [0, 0.05) is 14.2 Å². The zero-order valence-corrected chi connectivity index (χ0v) is 7.60. The number of hydrogen-bond acceptors (Lipinski definition) is 6. The Hall–Kier alpha value is -1.40. The van der Waals surface area contributed by atoms with Crippen molar-refractivity contribution < 1.29 is 28.7 Å². The summed E-state index contributed by atoms with van der Waals surface area (Å²) in [5.41, 5.74) is 0. The summed E-state index contributed by atoms with van der Waals surface area (Å²) in [6, 6.07) is 0. The first-order chi connectivity index (χ1) is 6.54. The van der Waals surface area contributed by atoms with Crippen LogP contribution in [-0.2, 0) is 28.7 Å². The van der Waals surface area contributed by atoms with Gasteiger partial charge < -0.3 is 9.47 Å². The van der Waals surface area contributed by atoms with E-state index < -0.39 is 35.3 Å². The van der Waals surface area contributed by atoms with Crippen molar-refractivity contribution in [1.29, 1.82) is 0 Å². The van der Waals surface area contributed by atoms with E-state index in [0.29, 0.717) is 0 Å². The number of carbonyl (C=O) groups is 4. The summed E-state index contributed by atoms with van der Waals surface area (Å²) in [4.78, 5) is 44.1. The van der Waals surface area contributed by atoms with Gasteiger partial charge in [0.2, 0.25) is 11.6 Å². The Morgan fingerprint density at radius 1 is 0.786 bits per heavy atom. The van der Waals surface area contributed by atoms with Crippen LogP contribution in [0.1, 0.15) is 0 Å². The van der Waals surface area contributed by atoms with E-state index in [1.54, 1.807) is 0 Å². The van der Waals surface area contributed by atoms with Crippen LogP contribution in [0.3, 0.4) is 0 Å². The fraction of sp³-hybridized carbons (Fsp3) is 0.500. The lowest BCUT2D eigenvalue weighted by Crippen LogP contribution is -2.56. The van der Waals surface area contributed by atoms with Crippen molar-refractivity contribution in [2.75, 3.05) is 14.2 Å². The molecule has 0 saturated heterocycles. The normalized spacial score (nSPS) is 28.4. The lowest BCUT2D eigenvalue weighted by molar-refractivity contribution is -0.165. The molecule has 0 aromatic carbocycles. The number of hydrogen-bond donors (Lipinski definition) is 0. The second-order valence-corrected chi connectivity index (χ2v) is 2.70. The summed E-state index contributed by atoms with van der Waals surface area (Å²) >= 11 is 0. The highest BCUT2D eigenvalue weighted by molar-refractivity contribution is 6.81. The third kappa shape index (κ3) is 1.38. The lowest BCUT2D eigenvalue weighted by Gasteiger charge is -2.24. The topological polar surface area (TPSA) is 86.7 Å². The Bertz CT molecular complexity index is 286. The van der Waals surface area contributed by atoms with Crippen molar-refractivity contribution in [1.82, 2.24) is 0 Å². The van der Waals surface area contributed by atoms with Crippen molar-refractivity contribution in [3.8, 4) is 0 Å². The number of carbonyl (C=O) groups excluding carboxylic acids is 4. The lowest BCUT2D eigenvalue weighted by atomic mass is 9.90. The van der Waals surface area contributed by atoms with Gasteiger partial charge in [-0.15, -0.1) is 0 Å². The van der Waals surface area contributed by atoms with Crippen LogP contribution >= 0.6 is 0 Å². The predicted molar refractivity (Wildman–Crippen MR) is 41.6 cm³/mol. The molecule has 0 heterocycles. The molecule has 1 saturated carbocycles. The van der Waals surface area contributed by atoms with Crippen molar-refractivity contribution >= 4 is 23.1 Å². The molecule has 0 N–H and O–H groups in total. The molecule has 1 fully saturated rings. The van der Waals surface area contributed by atoms with Crippen LogP contribution in [0.25, 0.3) is 0 Å². The molecule has 0 radical (unpaired) electrons. The zero-order valence-electron chi connectivity index (χ0n) is 7.60. The average molecular weight is 200 g/mol. The minimum absolute atomic E-state index is 1.04. The Balaban J connectivity index is 3.08. The van der Waals surface area contributed by atoms with E-state index in [4.69, 9.17) is 0 Å². The van der Waals surface area contributed by atoms with Crippen molar-refractivity contribution in [3.05, 3.63) is 0 Å². The van der Waals surface area contributed by atoms with Crippen LogP contribution in [0.15, 0.2) is 0 Å². The third-order valence-corrected chi connectivity index (χ3v) is 1.95. The van der Waals surface area contributed by atoms with Crippen molar-refractivity contribution in [2.45, 2.75) is 12.2 Å². The number of methoxy groups -OCH3 is 2. The first-order valence-electron chi connectivity index (χ1n) is 3.77. The quantitative estimate of drug-likeness (QED) is 0.494. The van der Waals surface area contributed by atoms with Gasteiger partial charge >= 0.3 is 0 Å². The van der Waals surface area contributed by atoms with Crippen molar-refractivity contribution in [2.24, 2.45) is 0 Å². The molecule has 0 aliphatic heterocycles. The van der Waals surface area contributed by atoms with E-state index in [0.717, 1.165) is 14.2 Å². The summed E-state index contributed by atoms with van der Waals surface area (Å²) < 4.78 is 9.26. The van der Waals surface area contributed by atoms with E-state index in [1.165, 1.54) is 0 Å². The van der Waals surface area contributed by atoms with Crippen LogP contribution in [-0.4, -0.2) is 49.6 Å². The second-order valence-electron chi connectivity index (χ2n) is 2.70. The van der Waals surface area contributed by atoms with E-state index in [2.05, 4.69) is 9.47 Å². The van der Waals surface area contributed by atoms with E-state index in [9.17, 15) is 19.2 Å². The van der Waals surface area contributed by atoms with Crippen LogP contribution in [0.4, 0.5) is 0 Å². The number of ketones is 4. The summed E-state index contributed by atoms with van der Waals surface area (Å²) in [7, 11) is 2.32. The monoisotopic (exact) mass is 200 g/mol. The molecule has 0 aromatic rings. The summed E-state index contributed by atoms with van der Waals surface area (Å²) in [5, 5.41) is 0. The highest BCUT2D eigenvalue weighted by Crippen LogP contribution is 2.13. The zero-order chi connectivity index (χ0) is 10.9. The molecule has 1 aliphatic carbocycles. The fourth-order valence-electron chi connectivity index (χ4n) is 1.22. The maximum atomic E-state index is 11.2. The van der Waals surface area contributed by atoms with E-state index >= 15 is 0 Å². The van der Waals surface area contributed by atoms with Gasteiger partial charge in [-0.3, -0.25) is 19.2 Å². The molecule has 14 heavy (non-hydrogen) atoms. The standard InChI is InChI=1S/C8H8O6/c1-13-7-5(11)3(9)4(10)6(12)8(7)14-2/h7-8H,1-2H3. The number of ether oxygens (including phenoxy) is 2. The van der Waals surface area contributed by atoms with Crippen LogP contribution < -0.4 is 0 Å². The second kappa shape index (κ2) is 3.77. The first kappa shape index (κ1) is 10.7. The molecule has 0 spiro atoms. The molecule has 76 valence electrons. The molecule has 0 aromatic heterocycles. The molecule has 0 bridgehead atoms. The van der Waals surface area contributed by atoms with Crippen LogP contribution in [0, 0.1) is 0 Å². The Labute approximate surface area is 79.2 Å². The molecule has 6 heteroatoms. The van der Waals surface area contributed by atoms with Crippen LogP contribution in [0.2, 0.25) is 0 Å². The van der Waals surface area contributed by atoms with Gasteiger partial charge in [0.1, 0.15) is 0 Å². The molecule has 0 amide bonds. The Kier molecular flexibility index (Phi) is 2.87. The largest absolute Gasteiger partial charge is 0.370 e. The molecule has 6 nitrogen and oxygen atoms in total. The smallest absolute Gasteiger partial charge is 0.275 e. The molecule has 1 aliphatic rings. The molecule has 2 unspecified atom stereocenters. The van der Waals surface area contributed by atoms with Crippen LogP contribution in [0.5, 0.6) is 0 Å². The minimum atomic E-state index is -1.34. The fourth-order valence-corrected chi connectivity index (χ4v) is 1.22. The van der Waals surface area contributed by atoms with E-state index in [1.807, 2.05) is 0 Å². The highest BCUT2D eigenvalue weighted by Gasteiger charge is 2.49. The Morgan fingerprint density at radius 2 is 1.07 bits per heavy atom. The SMILES string of the molecule is COC1C(=O)C(=O)C(=O)C(=O)C1OC. The maximum absolute atomic E-state index is 11.2.